The molecule has 0 heterocycles. The molecule has 1 aromatic carbocycles. The Hall–Kier alpha value is -0.710. The third-order valence-electron chi connectivity index (χ3n) is 3.44. The average molecular weight is 286 g/mol. The van der Waals surface area contributed by atoms with Crippen molar-refractivity contribution in [2.45, 2.75) is 43.0 Å². The number of aliphatic carboxylic acids is 1. The van der Waals surface area contributed by atoms with Crippen LogP contribution in [0.2, 0.25) is 5.02 Å². The van der Waals surface area contributed by atoms with Crippen LogP contribution in [0.15, 0.2) is 23.1 Å². The molecule has 1 fully saturated rings. The van der Waals surface area contributed by atoms with E-state index in [-0.39, 0.29) is 0 Å². The van der Waals surface area contributed by atoms with E-state index in [4.69, 9.17) is 11.6 Å². The van der Waals surface area contributed by atoms with E-state index in [1.54, 1.807) is 0 Å². The highest BCUT2D eigenvalue weighted by Crippen LogP contribution is 2.34. The summed E-state index contributed by atoms with van der Waals surface area (Å²) in [5, 5.41) is 10.1. The summed E-state index contributed by atoms with van der Waals surface area (Å²) in [5.74, 6) is -0.757. The first-order valence-corrected chi connectivity index (χ1v) is 7.17. The number of hydrogen-bond acceptors (Lipinski definition) is 3. The van der Waals surface area contributed by atoms with E-state index >= 15 is 0 Å². The Labute approximate surface area is 116 Å². The number of nitrogens with one attached hydrogen (secondary N) is 1. The number of carbonyl (C=O) groups is 1. The zero-order valence-corrected chi connectivity index (χ0v) is 11.8. The first kappa shape index (κ1) is 13.7. The van der Waals surface area contributed by atoms with Crippen molar-refractivity contribution < 1.29 is 9.90 Å². The standard InChI is InChI=1S/C13H16ClNO2S/c1-9-10(14)5-4-6-11(9)18-15-13(12(16)17)7-2-3-8-13/h4-6,15H,2-3,7-8H2,1H3,(H,16,17). The lowest BCUT2D eigenvalue weighted by atomic mass is 10.0. The molecule has 2 rings (SSSR count). The molecule has 98 valence electrons. The maximum atomic E-state index is 11.4. The van der Waals surface area contributed by atoms with Crippen molar-refractivity contribution in [1.82, 2.24) is 4.72 Å². The molecule has 1 aliphatic rings. The summed E-state index contributed by atoms with van der Waals surface area (Å²) >= 11 is 7.42. The van der Waals surface area contributed by atoms with Gasteiger partial charge in [-0.2, -0.15) is 0 Å². The second-order valence-corrected chi connectivity index (χ2v) is 5.92. The fourth-order valence-electron chi connectivity index (χ4n) is 2.19. The molecule has 3 nitrogen and oxygen atoms in total. The third kappa shape index (κ3) is 2.66. The zero-order valence-electron chi connectivity index (χ0n) is 10.2. The van der Waals surface area contributed by atoms with Crippen LogP contribution in [0.1, 0.15) is 31.2 Å². The molecule has 0 bridgehead atoms. The van der Waals surface area contributed by atoms with E-state index < -0.39 is 11.5 Å². The van der Waals surface area contributed by atoms with Crippen LogP contribution in [0.4, 0.5) is 0 Å². The molecule has 0 atom stereocenters. The molecule has 0 radical (unpaired) electrons. The van der Waals surface area contributed by atoms with E-state index in [0.29, 0.717) is 17.9 Å². The smallest absolute Gasteiger partial charge is 0.324 e. The van der Waals surface area contributed by atoms with Crippen LogP contribution in [0.3, 0.4) is 0 Å². The summed E-state index contributed by atoms with van der Waals surface area (Å²) < 4.78 is 3.14. The lowest BCUT2D eigenvalue weighted by molar-refractivity contribution is -0.143. The van der Waals surface area contributed by atoms with Gasteiger partial charge in [0, 0.05) is 9.92 Å². The zero-order chi connectivity index (χ0) is 13.2. The molecule has 18 heavy (non-hydrogen) atoms. The molecule has 0 aromatic heterocycles. The lowest BCUT2D eigenvalue weighted by Gasteiger charge is -2.25. The van der Waals surface area contributed by atoms with E-state index in [9.17, 15) is 9.90 Å². The minimum atomic E-state index is -0.778. The van der Waals surface area contributed by atoms with E-state index in [1.807, 2.05) is 25.1 Å². The normalized spacial score (nSPS) is 17.9. The van der Waals surface area contributed by atoms with Gasteiger partial charge in [0.2, 0.25) is 0 Å². The number of halogens is 1. The lowest BCUT2D eigenvalue weighted by Crippen LogP contribution is -2.46. The molecular weight excluding hydrogens is 270 g/mol. The quantitative estimate of drug-likeness (QED) is 0.829. The van der Waals surface area contributed by atoms with Crippen LogP contribution in [0, 0.1) is 6.92 Å². The molecule has 0 aliphatic heterocycles. The SMILES string of the molecule is Cc1c(Cl)cccc1SNC1(C(=O)O)CCCC1. The molecule has 0 amide bonds. The highest BCUT2D eigenvalue weighted by atomic mass is 35.5. The van der Waals surface area contributed by atoms with Gasteiger partial charge in [0.25, 0.3) is 0 Å². The first-order valence-electron chi connectivity index (χ1n) is 5.98. The maximum absolute atomic E-state index is 11.4. The Balaban J connectivity index is 2.11. The van der Waals surface area contributed by atoms with Gasteiger partial charge in [-0.3, -0.25) is 4.79 Å². The number of rotatable bonds is 4. The van der Waals surface area contributed by atoms with Gasteiger partial charge in [0.15, 0.2) is 0 Å². The van der Waals surface area contributed by atoms with Gasteiger partial charge in [-0.1, -0.05) is 30.5 Å². The Morgan fingerprint density at radius 1 is 1.44 bits per heavy atom. The predicted octanol–water partition coefficient (Wildman–Crippen LogP) is 3.64. The molecule has 0 saturated heterocycles. The summed E-state index contributed by atoms with van der Waals surface area (Å²) in [7, 11) is 0. The minimum Gasteiger partial charge on any atom is -0.480 e. The third-order valence-corrected chi connectivity index (χ3v) is 5.01. The number of carboxylic acid groups (broad SMARTS) is 1. The van der Waals surface area contributed by atoms with Gasteiger partial charge >= 0.3 is 5.97 Å². The van der Waals surface area contributed by atoms with Gasteiger partial charge in [-0.25, -0.2) is 4.72 Å². The fourth-order valence-corrected chi connectivity index (χ4v) is 3.43. The highest BCUT2D eigenvalue weighted by Gasteiger charge is 2.41. The number of benzene rings is 1. The van der Waals surface area contributed by atoms with Crippen molar-refractivity contribution in [3.63, 3.8) is 0 Å². The van der Waals surface area contributed by atoms with Crippen LogP contribution in [-0.4, -0.2) is 16.6 Å². The topological polar surface area (TPSA) is 49.3 Å². The van der Waals surface area contributed by atoms with Gasteiger partial charge in [0.1, 0.15) is 5.54 Å². The van der Waals surface area contributed by atoms with Crippen molar-refractivity contribution in [3.8, 4) is 0 Å². The molecule has 1 aromatic rings. The fraction of sp³-hybridized carbons (Fsp3) is 0.462. The monoisotopic (exact) mass is 285 g/mol. The number of hydrogen-bond donors (Lipinski definition) is 2. The molecule has 1 saturated carbocycles. The number of carboxylic acids is 1. The Kier molecular flexibility index (Phi) is 4.20. The molecule has 0 unspecified atom stereocenters. The van der Waals surface area contributed by atoms with Crippen molar-refractivity contribution >= 4 is 29.5 Å². The van der Waals surface area contributed by atoms with Crippen LogP contribution in [-0.2, 0) is 4.79 Å². The predicted molar refractivity (Wildman–Crippen MR) is 74.0 cm³/mol. The van der Waals surface area contributed by atoms with Crippen LogP contribution < -0.4 is 4.72 Å². The highest BCUT2D eigenvalue weighted by molar-refractivity contribution is 7.97. The van der Waals surface area contributed by atoms with Crippen molar-refractivity contribution in [2.24, 2.45) is 0 Å². The van der Waals surface area contributed by atoms with Gasteiger partial charge in [-0.05, 0) is 49.4 Å². The van der Waals surface area contributed by atoms with Crippen LogP contribution in [0.25, 0.3) is 0 Å². The minimum absolute atomic E-state index is 0.689. The second-order valence-electron chi connectivity index (χ2n) is 4.66. The molecule has 2 N–H and O–H groups in total. The van der Waals surface area contributed by atoms with Crippen molar-refractivity contribution in [1.29, 1.82) is 0 Å². The summed E-state index contributed by atoms with van der Waals surface area (Å²) in [6.07, 6.45) is 3.31. The summed E-state index contributed by atoms with van der Waals surface area (Å²) in [5.41, 5.74) is 0.203. The van der Waals surface area contributed by atoms with E-state index in [1.165, 1.54) is 11.9 Å². The van der Waals surface area contributed by atoms with Crippen molar-refractivity contribution in [2.75, 3.05) is 0 Å². The molecule has 1 aliphatic carbocycles. The van der Waals surface area contributed by atoms with Gasteiger partial charge in [-0.15, -0.1) is 0 Å². The Bertz CT molecular complexity index is 458. The van der Waals surface area contributed by atoms with Gasteiger partial charge < -0.3 is 5.11 Å². The molecular formula is C13H16ClNO2S. The summed E-state index contributed by atoms with van der Waals surface area (Å²) in [6.45, 7) is 1.94. The average Bonchev–Trinajstić information content (AvgIpc) is 2.81. The van der Waals surface area contributed by atoms with E-state index in [0.717, 1.165) is 23.3 Å². The molecule has 0 spiro atoms. The summed E-state index contributed by atoms with van der Waals surface area (Å²) in [4.78, 5) is 12.4. The Morgan fingerprint density at radius 3 is 2.72 bits per heavy atom. The van der Waals surface area contributed by atoms with Gasteiger partial charge in [0.05, 0.1) is 0 Å². The van der Waals surface area contributed by atoms with Crippen molar-refractivity contribution in [3.05, 3.63) is 28.8 Å². The first-order chi connectivity index (χ1) is 8.55. The second kappa shape index (κ2) is 5.51. The van der Waals surface area contributed by atoms with Crippen LogP contribution in [0.5, 0.6) is 0 Å². The molecule has 5 heteroatoms. The maximum Gasteiger partial charge on any atom is 0.324 e. The Morgan fingerprint density at radius 2 is 2.11 bits per heavy atom. The summed E-state index contributed by atoms with van der Waals surface area (Å²) in [6, 6.07) is 5.66. The largest absolute Gasteiger partial charge is 0.480 e. The van der Waals surface area contributed by atoms with E-state index in [2.05, 4.69) is 4.72 Å². The van der Waals surface area contributed by atoms with Crippen LogP contribution >= 0.6 is 23.5 Å².